The van der Waals surface area contributed by atoms with Gasteiger partial charge in [0.25, 0.3) is 10.0 Å². The zero-order valence-electron chi connectivity index (χ0n) is 27.2. The number of nitrogens with zero attached hydrogens (tertiary/aromatic N) is 4. The van der Waals surface area contributed by atoms with E-state index in [1.807, 2.05) is 0 Å². The average molecular weight is 700 g/mol. The molecule has 2 amide bonds. The van der Waals surface area contributed by atoms with Gasteiger partial charge in [-0.2, -0.15) is 4.31 Å². The van der Waals surface area contributed by atoms with Gasteiger partial charge in [0.05, 0.1) is 28.3 Å². The van der Waals surface area contributed by atoms with E-state index in [9.17, 15) is 26.8 Å². The van der Waals surface area contributed by atoms with Gasteiger partial charge in [0.15, 0.2) is 5.82 Å². The summed E-state index contributed by atoms with van der Waals surface area (Å²) in [4.78, 5) is 31.1. The van der Waals surface area contributed by atoms with Gasteiger partial charge in [0.1, 0.15) is 33.5 Å². The number of carbonyl (C=O) groups is 2. The van der Waals surface area contributed by atoms with Crippen LogP contribution in [0.3, 0.4) is 0 Å². The molecule has 0 bridgehead atoms. The number of halogens is 4. The Labute approximate surface area is 277 Å². The molecule has 11 nitrogen and oxygen atoms in total. The molecule has 0 radical (unpaired) electrons. The first-order chi connectivity index (χ1) is 21.6. The topological polar surface area (TPSA) is 121 Å². The van der Waals surface area contributed by atoms with Crippen molar-refractivity contribution in [2.75, 3.05) is 41.7 Å². The minimum absolute atomic E-state index is 0.0843. The standard InChI is InChI=1S/C31H37ClF3N5O6S/c1-30(2,3)45-28(41)39(8)14-13-38(7)25-15-19(33)9-11-23(25)37-24-17-22(35)26(16-21(24)32)47(43,44)40(29(42)46-31(4,5)6)27-12-10-20(34)18-36-27/h9-12,15-18,37H,13-14H2,1-8H3. The van der Waals surface area contributed by atoms with Crippen molar-refractivity contribution in [2.24, 2.45) is 0 Å². The summed E-state index contributed by atoms with van der Waals surface area (Å²) in [5.74, 6) is -3.23. The van der Waals surface area contributed by atoms with Gasteiger partial charge < -0.3 is 24.6 Å². The van der Waals surface area contributed by atoms with Crippen molar-refractivity contribution in [3.8, 4) is 0 Å². The molecule has 0 saturated heterocycles. The van der Waals surface area contributed by atoms with Crippen molar-refractivity contribution < 1.29 is 40.7 Å². The predicted molar refractivity (Wildman–Crippen MR) is 173 cm³/mol. The molecule has 1 N–H and O–H groups in total. The molecule has 0 atom stereocenters. The maximum Gasteiger partial charge on any atom is 0.430 e. The fourth-order valence-electron chi connectivity index (χ4n) is 3.95. The number of pyridine rings is 1. The van der Waals surface area contributed by atoms with E-state index < -0.39 is 61.6 Å². The van der Waals surface area contributed by atoms with Crippen LogP contribution in [-0.4, -0.2) is 68.9 Å². The summed E-state index contributed by atoms with van der Waals surface area (Å²) in [6.45, 7) is 10.2. The van der Waals surface area contributed by atoms with Crippen molar-refractivity contribution in [1.82, 2.24) is 9.88 Å². The van der Waals surface area contributed by atoms with Crippen molar-refractivity contribution in [1.29, 1.82) is 0 Å². The van der Waals surface area contributed by atoms with E-state index in [1.54, 1.807) is 39.8 Å². The van der Waals surface area contributed by atoms with Gasteiger partial charge in [0.2, 0.25) is 0 Å². The Morgan fingerprint density at radius 2 is 1.45 bits per heavy atom. The van der Waals surface area contributed by atoms with Gasteiger partial charge >= 0.3 is 12.2 Å². The number of carbonyl (C=O) groups excluding carboxylic acids is 2. The van der Waals surface area contributed by atoms with Crippen molar-refractivity contribution in [3.63, 3.8) is 0 Å². The normalized spacial score (nSPS) is 11.9. The number of amides is 2. The third-order valence-electron chi connectivity index (χ3n) is 6.14. The fraction of sp³-hybridized carbons (Fsp3) is 0.387. The van der Waals surface area contributed by atoms with Crippen LogP contribution in [0.25, 0.3) is 0 Å². The molecule has 0 aliphatic rings. The molecule has 0 saturated carbocycles. The van der Waals surface area contributed by atoms with Gasteiger partial charge in [-0.3, -0.25) is 0 Å². The summed E-state index contributed by atoms with van der Waals surface area (Å²) in [6.07, 6.45) is -1.27. The number of aromatic nitrogens is 1. The second kappa shape index (κ2) is 14.3. The lowest BCUT2D eigenvalue weighted by molar-refractivity contribution is 0.0303. The Kier molecular flexibility index (Phi) is 11.3. The van der Waals surface area contributed by atoms with Crippen LogP contribution in [0.2, 0.25) is 5.02 Å². The predicted octanol–water partition coefficient (Wildman–Crippen LogP) is 7.33. The van der Waals surface area contributed by atoms with Crippen LogP contribution in [0.4, 0.5) is 45.6 Å². The van der Waals surface area contributed by atoms with Crippen LogP contribution in [0.15, 0.2) is 53.6 Å². The molecule has 2 aromatic carbocycles. The number of ether oxygens (including phenoxy) is 2. The third kappa shape index (κ3) is 9.88. The highest BCUT2D eigenvalue weighted by Gasteiger charge is 2.38. The molecule has 16 heteroatoms. The van der Waals surface area contributed by atoms with E-state index in [0.717, 1.165) is 30.3 Å². The maximum absolute atomic E-state index is 15.6. The summed E-state index contributed by atoms with van der Waals surface area (Å²) in [5.41, 5.74) is -1.34. The zero-order chi connectivity index (χ0) is 35.5. The summed E-state index contributed by atoms with van der Waals surface area (Å²) in [6, 6.07) is 7.13. The number of nitrogens with one attached hydrogen (secondary N) is 1. The van der Waals surface area contributed by atoms with E-state index in [1.165, 1.54) is 37.8 Å². The lowest BCUT2D eigenvalue weighted by Crippen LogP contribution is -2.41. The van der Waals surface area contributed by atoms with Gasteiger partial charge in [-0.05, 0) is 77.9 Å². The van der Waals surface area contributed by atoms with Gasteiger partial charge in [-0.25, -0.2) is 36.2 Å². The molecule has 0 unspecified atom stereocenters. The third-order valence-corrected chi connectivity index (χ3v) is 8.13. The van der Waals surface area contributed by atoms with Crippen LogP contribution in [0.1, 0.15) is 41.5 Å². The molecule has 0 aliphatic carbocycles. The van der Waals surface area contributed by atoms with Gasteiger partial charge in [0, 0.05) is 33.3 Å². The highest BCUT2D eigenvalue weighted by atomic mass is 35.5. The molecule has 0 aliphatic heterocycles. The SMILES string of the molecule is CN(CCN(C)c1cc(F)ccc1Nc1cc(F)c(S(=O)(=O)N(C(=O)OC(C)(C)C)c2ccc(F)cn2)cc1Cl)C(=O)OC(C)(C)C. The fourth-order valence-corrected chi connectivity index (χ4v) is 5.58. The summed E-state index contributed by atoms with van der Waals surface area (Å²) in [7, 11) is -1.85. The summed E-state index contributed by atoms with van der Waals surface area (Å²) in [5, 5.41) is 2.62. The number of rotatable bonds is 9. The van der Waals surface area contributed by atoms with Crippen LogP contribution in [0.5, 0.6) is 0 Å². The Hall–Kier alpha value is -4.24. The number of benzene rings is 2. The molecule has 3 aromatic rings. The molecule has 3 rings (SSSR count). The monoisotopic (exact) mass is 699 g/mol. The van der Waals surface area contributed by atoms with E-state index >= 15 is 4.39 Å². The first kappa shape index (κ1) is 37.2. The van der Waals surface area contributed by atoms with Crippen molar-refractivity contribution >= 4 is 56.7 Å². The minimum Gasteiger partial charge on any atom is -0.444 e. The summed E-state index contributed by atoms with van der Waals surface area (Å²) < 4.78 is 81.6. The Bertz CT molecular complexity index is 1730. The van der Waals surface area contributed by atoms with Crippen LogP contribution < -0.4 is 14.5 Å². The smallest absolute Gasteiger partial charge is 0.430 e. The molecule has 1 aromatic heterocycles. The number of sulfonamides is 1. The van der Waals surface area contributed by atoms with E-state index in [4.69, 9.17) is 21.1 Å². The summed E-state index contributed by atoms with van der Waals surface area (Å²) >= 11 is 6.43. The lowest BCUT2D eigenvalue weighted by Gasteiger charge is -2.28. The largest absolute Gasteiger partial charge is 0.444 e. The Morgan fingerprint density at radius 1 is 0.851 bits per heavy atom. The van der Waals surface area contributed by atoms with E-state index in [-0.39, 0.29) is 33.8 Å². The number of anilines is 4. The molecule has 0 fully saturated rings. The van der Waals surface area contributed by atoms with Gasteiger partial charge in [-0.15, -0.1) is 0 Å². The molecular weight excluding hydrogens is 663 g/mol. The highest BCUT2D eigenvalue weighted by Crippen LogP contribution is 2.36. The minimum atomic E-state index is -5.06. The second-order valence-electron chi connectivity index (χ2n) is 12.5. The first-order valence-corrected chi connectivity index (χ1v) is 16.0. The Morgan fingerprint density at radius 3 is 2.02 bits per heavy atom. The van der Waals surface area contributed by atoms with E-state index in [2.05, 4.69) is 10.3 Å². The van der Waals surface area contributed by atoms with E-state index in [0.29, 0.717) is 11.9 Å². The lowest BCUT2D eigenvalue weighted by atomic mass is 10.2. The molecule has 47 heavy (non-hydrogen) atoms. The maximum atomic E-state index is 15.6. The van der Waals surface area contributed by atoms with Crippen LogP contribution >= 0.6 is 11.6 Å². The quantitative estimate of drug-likeness (QED) is 0.245. The number of likely N-dealkylation sites (N-methyl/N-ethyl adjacent to an activating group) is 2. The first-order valence-electron chi connectivity index (χ1n) is 14.2. The van der Waals surface area contributed by atoms with Crippen molar-refractivity contribution in [2.45, 2.75) is 57.6 Å². The average Bonchev–Trinajstić information content (AvgIpc) is 2.93. The molecular formula is C31H37ClF3N5O6S. The highest BCUT2D eigenvalue weighted by molar-refractivity contribution is 7.93. The second-order valence-corrected chi connectivity index (χ2v) is 14.6. The number of hydrogen-bond acceptors (Lipinski definition) is 9. The molecule has 0 spiro atoms. The molecule has 1 heterocycles. The zero-order valence-corrected chi connectivity index (χ0v) is 28.8. The number of hydrogen-bond donors (Lipinski definition) is 1. The van der Waals surface area contributed by atoms with Gasteiger partial charge in [-0.1, -0.05) is 11.6 Å². The van der Waals surface area contributed by atoms with Crippen LogP contribution in [0, 0.1) is 17.5 Å². The molecule has 256 valence electrons. The van der Waals surface area contributed by atoms with Crippen molar-refractivity contribution in [3.05, 3.63) is 71.1 Å². The van der Waals surface area contributed by atoms with Crippen LogP contribution in [-0.2, 0) is 19.5 Å². The Balaban J connectivity index is 1.94.